The average molecular weight is 1420 g/mol. The highest BCUT2D eigenvalue weighted by atomic mass is 16.7. The topological polar surface area (TPSA) is 480 Å². The van der Waals surface area contributed by atoms with Crippen molar-refractivity contribution in [2.75, 3.05) is 13.2 Å². The van der Waals surface area contributed by atoms with E-state index in [2.05, 4.69) is 0 Å². The molecule has 0 radical (unpaired) electrons. The monoisotopic (exact) mass is 1410 g/mol. The molecule has 0 saturated carbocycles. The van der Waals surface area contributed by atoms with Gasteiger partial charge in [0.2, 0.25) is 17.3 Å². The van der Waals surface area contributed by atoms with Gasteiger partial charge >= 0.3 is 71.6 Å². The molecule has 0 aromatic heterocycles. The lowest BCUT2D eigenvalue weighted by atomic mass is 9.70. The number of carbonyl (C=O) groups is 17. The predicted molar refractivity (Wildman–Crippen MR) is 329 cm³/mol. The number of rotatable bonds is 23. The lowest BCUT2D eigenvalue weighted by Gasteiger charge is -2.50. The standard InChI is InChI=1S/C67H66O34/c1-28(68)88-26-48-54(92-32(5)72)56(94-34(7)74)58(96-36(9)76)64(98-48)66(100-38(11)78)60(84)44(52(82)50(62(66)86)46(80)23-17-40-13-19-42(20-14-40)90-30(3)70)25-45-53(83)51(47(81)24-18-41-15-21-43(22-16-41)91-31(4)71)63(87)67(61(45)85,101-39(12)79)65-59(97-37(10)77)57(95-35(8)75)55(93-33(6)73)49(99-65)27-89-29(2)69/h13-25,48-49,54-59,64-65,84,86-87H,26-27H2,1-12H3/b23-17+,24-18+,45-25-/t48-,49-,54-,55-,56+,57+,58-,59-,64-,65-,66+,67-/m1/s1. The van der Waals surface area contributed by atoms with Gasteiger partial charge in [0.1, 0.15) is 48.1 Å². The Morgan fingerprint density at radius 2 is 0.723 bits per heavy atom. The minimum Gasteiger partial charge on any atom is -0.507 e. The Morgan fingerprint density at radius 1 is 0.396 bits per heavy atom. The highest BCUT2D eigenvalue weighted by molar-refractivity contribution is 6.42. The van der Waals surface area contributed by atoms with Gasteiger partial charge in [-0.25, -0.2) is 0 Å². The van der Waals surface area contributed by atoms with Crippen molar-refractivity contribution in [3.05, 3.63) is 117 Å². The van der Waals surface area contributed by atoms with Gasteiger partial charge in [-0.05, 0) is 53.6 Å². The molecule has 2 heterocycles. The van der Waals surface area contributed by atoms with Crippen LogP contribution in [-0.4, -0.2) is 201 Å². The molecule has 4 aliphatic rings. The number of ketones is 5. The smallest absolute Gasteiger partial charge is 0.308 e. The van der Waals surface area contributed by atoms with Crippen LogP contribution >= 0.6 is 0 Å². The van der Waals surface area contributed by atoms with Gasteiger partial charge in [-0.15, -0.1) is 0 Å². The quantitative estimate of drug-likeness (QED) is 0.0472. The normalized spacial score (nSPS) is 25.5. The molecule has 538 valence electrons. The molecule has 2 aromatic carbocycles. The van der Waals surface area contributed by atoms with Crippen LogP contribution in [0.2, 0.25) is 0 Å². The van der Waals surface area contributed by atoms with Gasteiger partial charge in [-0.2, -0.15) is 0 Å². The lowest BCUT2D eigenvalue weighted by molar-refractivity contribution is -0.280. The van der Waals surface area contributed by atoms with Crippen LogP contribution in [0.15, 0.2) is 106 Å². The number of Topliss-reactive ketones (excluding diaryl/α,β-unsaturated/α-hetero) is 3. The molecule has 3 N–H and O–H groups in total. The fourth-order valence-electron chi connectivity index (χ4n) is 11.1. The molecule has 2 aromatic rings. The average Bonchev–Trinajstić information content (AvgIpc) is 0.709. The Balaban J connectivity index is 1.85. The Kier molecular flexibility index (Phi) is 25.3. The van der Waals surface area contributed by atoms with Crippen LogP contribution < -0.4 is 9.47 Å². The molecular weight excluding hydrogens is 1350 g/mol. The molecule has 2 aliphatic carbocycles. The second kappa shape index (κ2) is 32.7. The van der Waals surface area contributed by atoms with E-state index in [4.69, 9.17) is 66.3 Å². The Hall–Kier alpha value is -11.8. The number of allylic oxidation sites excluding steroid dienone is 6. The summed E-state index contributed by atoms with van der Waals surface area (Å²) in [5.41, 5.74) is -14.7. The van der Waals surface area contributed by atoms with Crippen LogP contribution in [0.3, 0.4) is 0 Å². The number of hydrogen-bond donors (Lipinski definition) is 3. The van der Waals surface area contributed by atoms with Gasteiger partial charge in [-0.1, -0.05) is 36.4 Å². The first-order chi connectivity index (χ1) is 47.2. The third-order valence-electron chi connectivity index (χ3n) is 14.6. The summed E-state index contributed by atoms with van der Waals surface area (Å²) in [6.07, 6.45) is -21.0. The van der Waals surface area contributed by atoms with Crippen LogP contribution in [0, 0.1) is 0 Å². The first kappa shape index (κ1) is 78.2. The maximum Gasteiger partial charge on any atom is 0.308 e. The van der Waals surface area contributed by atoms with E-state index in [9.17, 15) is 72.9 Å². The van der Waals surface area contributed by atoms with Gasteiger partial charge in [0.25, 0.3) is 11.2 Å². The van der Waals surface area contributed by atoms with Gasteiger partial charge in [0.15, 0.2) is 77.7 Å². The summed E-state index contributed by atoms with van der Waals surface area (Å²) in [6.45, 7) is 7.47. The fourth-order valence-corrected chi connectivity index (χ4v) is 11.1. The molecule has 0 bridgehead atoms. The van der Waals surface area contributed by atoms with Crippen molar-refractivity contribution >= 4 is 113 Å². The highest BCUT2D eigenvalue weighted by Gasteiger charge is 2.70. The van der Waals surface area contributed by atoms with Crippen LogP contribution in [0.4, 0.5) is 0 Å². The highest BCUT2D eigenvalue weighted by Crippen LogP contribution is 2.49. The Bertz CT molecular complexity index is 3990. The van der Waals surface area contributed by atoms with Crippen molar-refractivity contribution < 1.29 is 163 Å². The van der Waals surface area contributed by atoms with Crippen LogP contribution in [0.25, 0.3) is 12.2 Å². The zero-order valence-corrected chi connectivity index (χ0v) is 55.7. The van der Waals surface area contributed by atoms with Gasteiger partial charge in [0, 0.05) is 83.1 Å². The first-order valence-corrected chi connectivity index (χ1v) is 29.9. The van der Waals surface area contributed by atoms with E-state index in [-0.39, 0.29) is 28.7 Å². The minimum atomic E-state index is -4.03. The molecule has 6 rings (SSSR count). The number of benzene rings is 2. The first-order valence-electron chi connectivity index (χ1n) is 29.9. The maximum atomic E-state index is 16.4. The molecule has 2 fully saturated rings. The second-order valence-corrected chi connectivity index (χ2v) is 22.4. The van der Waals surface area contributed by atoms with E-state index in [1.54, 1.807) is 0 Å². The maximum absolute atomic E-state index is 16.4. The van der Waals surface area contributed by atoms with Gasteiger partial charge in [0.05, 0.1) is 11.1 Å². The molecule has 2 saturated heterocycles. The van der Waals surface area contributed by atoms with Crippen molar-refractivity contribution in [3.8, 4) is 11.5 Å². The summed E-state index contributed by atoms with van der Waals surface area (Å²) < 4.78 is 77.8. The summed E-state index contributed by atoms with van der Waals surface area (Å²) in [7, 11) is 0. The van der Waals surface area contributed by atoms with Gasteiger partial charge in [-0.3, -0.25) is 81.5 Å². The van der Waals surface area contributed by atoms with Crippen molar-refractivity contribution in [2.45, 2.75) is 155 Å². The fraction of sp³-hybridized carbons (Fsp3) is 0.388. The number of aliphatic hydroxyl groups is 3. The number of aliphatic hydroxyl groups excluding tert-OH is 3. The van der Waals surface area contributed by atoms with E-state index in [1.807, 2.05) is 0 Å². The summed E-state index contributed by atoms with van der Waals surface area (Å²) in [6, 6.07) is 10.0. The van der Waals surface area contributed by atoms with E-state index >= 15 is 24.0 Å². The predicted octanol–water partition coefficient (Wildman–Crippen LogP) is 2.35. The zero-order valence-electron chi connectivity index (χ0n) is 55.7. The zero-order chi connectivity index (χ0) is 75.4. The number of ether oxygens (including phenoxy) is 14. The Labute approximate surface area is 571 Å². The summed E-state index contributed by atoms with van der Waals surface area (Å²) in [5.74, 6) is -30.3. The molecule has 34 nitrogen and oxygen atoms in total. The number of hydrogen-bond acceptors (Lipinski definition) is 34. The summed E-state index contributed by atoms with van der Waals surface area (Å²) in [4.78, 5) is 233. The van der Waals surface area contributed by atoms with E-state index in [0.717, 1.165) is 74.5 Å². The molecule has 2 aliphatic heterocycles. The molecular formula is C67H66O34. The third kappa shape index (κ3) is 18.1. The van der Waals surface area contributed by atoms with Crippen LogP contribution in [0.1, 0.15) is 94.2 Å². The number of esters is 12. The van der Waals surface area contributed by atoms with Crippen molar-refractivity contribution in [2.24, 2.45) is 0 Å². The third-order valence-corrected chi connectivity index (χ3v) is 14.6. The van der Waals surface area contributed by atoms with E-state index < -0.39 is 226 Å². The van der Waals surface area contributed by atoms with Crippen molar-refractivity contribution in [1.29, 1.82) is 0 Å². The van der Waals surface area contributed by atoms with Crippen molar-refractivity contribution in [3.63, 3.8) is 0 Å². The van der Waals surface area contributed by atoms with E-state index in [0.29, 0.717) is 32.9 Å². The molecule has 12 atom stereocenters. The minimum absolute atomic E-state index is 0.00639. The molecule has 0 spiro atoms. The SMILES string of the molecule is CC(=O)OC[C@H]1O[C@@H]([C@]2(OC(C)=O)C(O)=C(/C=C3/C(=O)C(C(=O)/C=C/c4ccc(OC(C)=O)cc4)=C(O)[C@@](OC(C)=O)([C@@H]4O[C@H](COC(C)=O)[C@@H](OC(C)=O)[C@H](OC(C)=O)[C@H]4OC(C)=O)C3=O)C(=O)C(C(=O)/C=C/c3ccc(OC(C)=O)cc3)=C2O)[C@H](OC(C)=O)[C@@H](OC(C)=O)[C@@H]1OC(C)=O. The Morgan fingerprint density at radius 3 is 1.07 bits per heavy atom. The van der Waals surface area contributed by atoms with Crippen LogP contribution in [-0.2, 0) is 138 Å². The van der Waals surface area contributed by atoms with Gasteiger partial charge < -0.3 is 81.6 Å². The summed E-state index contributed by atoms with van der Waals surface area (Å²) in [5, 5.41) is 39.1. The van der Waals surface area contributed by atoms with Crippen molar-refractivity contribution in [1.82, 2.24) is 0 Å². The largest absolute Gasteiger partial charge is 0.507 e. The second-order valence-electron chi connectivity index (χ2n) is 22.4. The number of carbonyl (C=O) groups excluding carboxylic acids is 17. The molecule has 34 heteroatoms. The summed E-state index contributed by atoms with van der Waals surface area (Å²) >= 11 is 0. The van der Waals surface area contributed by atoms with Crippen LogP contribution in [0.5, 0.6) is 11.5 Å². The lowest BCUT2D eigenvalue weighted by Crippen LogP contribution is -2.72. The molecule has 0 unspecified atom stereocenters. The van der Waals surface area contributed by atoms with E-state index in [1.165, 1.54) is 48.5 Å². The molecule has 101 heavy (non-hydrogen) atoms. The molecule has 0 amide bonds.